The van der Waals surface area contributed by atoms with Gasteiger partial charge in [-0.05, 0) is 43.3 Å². The van der Waals surface area contributed by atoms with Crippen LogP contribution in [0.1, 0.15) is 34.1 Å². The van der Waals surface area contributed by atoms with E-state index in [2.05, 4.69) is 5.32 Å². The van der Waals surface area contributed by atoms with Gasteiger partial charge in [-0.3, -0.25) is 14.4 Å². The second kappa shape index (κ2) is 9.56. The molecule has 0 aliphatic carbocycles. The predicted octanol–water partition coefficient (Wildman–Crippen LogP) is 2.83. The van der Waals surface area contributed by atoms with Crippen molar-refractivity contribution < 1.29 is 14.4 Å². The Morgan fingerprint density at radius 2 is 1.48 bits per heavy atom. The van der Waals surface area contributed by atoms with Gasteiger partial charge in [0.25, 0.3) is 11.8 Å². The minimum atomic E-state index is -0.274. The molecule has 1 aliphatic rings. The second-order valence-corrected chi connectivity index (χ2v) is 7.56. The maximum Gasteiger partial charge on any atom is 0.253 e. The van der Waals surface area contributed by atoms with Crippen LogP contribution in [-0.4, -0.2) is 59.7 Å². The quantitative estimate of drug-likeness (QED) is 0.819. The standard InChI is InChI=1S/C22H24ClN3O3/c1-16(24-21(28)17-5-3-2-4-6-17)15-20(27)25-11-13-26(14-12-25)22(29)18-7-9-19(23)10-8-18/h2-10,16H,11-15H2,1H3,(H,24,28). The molecule has 2 aromatic rings. The van der Waals surface area contributed by atoms with E-state index in [4.69, 9.17) is 11.6 Å². The molecule has 3 rings (SSSR count). The highest BCUT2D eigenvalue weighted by Gasteiger charge is 2.26. The molecule has 1 fully saturated rings. The Balaban J connectivity index is 1.46. The monoisotopic (exact) mass is 413 g/mol. The molecule has 6 nitrogen and oxygen atoms in total. The van der Waals surface area contributed by atoms with Crippen LogP contribution in [0.25, 0.3) is 0 Å². The van der Waals surface area contributed by atoms with Crippen molar-refractivity contribution in [3.63, 3.8) is 0 Å². The first-order chi connectivity index (χ1) is 13.9. The van der Waals surface area contributed by atoms with Crippen molar-refractivity contribution in [2.45, 2.75) is 19.4 Å². The number of benzene rings is 2. The molecule has 1 atom stereocenters. The van der Waals surface area contributed by atoms with Crippen molar-refractivity contribution in [3.05, 3.63) is 70.7 Å². The van der Waals surface area contributed by atoms with Crippen LogP contribution in [0, 0.1) is 0 Å². The van der Waals surface area contributed by atoms with Gasteiger partial charge in [-0.2, -0.15) is 0 Å². The van der Waals surface area contributed by atoms with Crippen molar-refractivity contribution in [3.8, 4) is 0 Å². The normalized spacial score (nSPS) is 15.0. The number of nitrogens with one attached hydrogen (secondary N) is 1. The number of hydrogen-bond acceptors (Lipinski definition) is 3. The van der Waals surface area contributed by atoms with Crippen molar-refractivity contribution in [2.75, 3.05) is 26.2 Å². The predicted molar refractivity (Wildman–Crippen MR) is 112 cm³/mol. The van der Waals surface area contributed by atoms with Crippen LogP contribution in [0.3, 0.4) is 0 Å². The summed E-state index contributed by atoms with van der Waals surface area (Å²) in [5.41, 5.74) is 1.16. The third-order valence-electron chi connectivity index (χ3n) is 4.91. The number of halogens is 1. The molecule has 1 unspecified atom stereocenters. The van der Waals surface area contributed by atoms with Gasteiger partial charge in [-0.15, -0.1) is 0 Å². The maximum atomic E-state index is 12.6. The van der Waals surface area contributed by atoms with Crippen LogP contribution in [0.4, 0.5) is 0 Å². The van der Waals surface area contributed by atoms with Crippen LogP contribution >= 0.6 is 11.6 Å². The molecule has 0 radical (unpaired) electrons. The van der Waals surface area contributed by atoms with Crippen LogP contribution in [0.2, 0.25) is 5.02 Å². The first kappa shape index (κ1) is 20.9. The second-order valence-electron chi connectivity index (χ2n) is 7.12. The van der Waals surface area contributed by atoms with Crippen LogP contribution in [0.5, 0.6) is 0 Å². The van der Waals surface area contributed by atoms with E-state index in [0.717, 1.165) is 0 Å². The zero-order valence-corrected chi connectivity index (χ0v) is 17.1. The Morgan fingerprint density at radius 1 is 0.897 bits per heavy atom. The lowest BCUT2D eigenvalue weighted by Gasteiger charge is -2.35. The van der Waals surface area contributed by atoms with Gasteiger partial charge in [0.15, 0.2) is 0 Å². The summed E-state index contributed by atoms with van der Waals surface area (Å²) in [6.45, 7) is 3.75. The number of rotatable bonds is 5. The van der Waals surface area contributed by atoms with Gasteiger partial charge in [0.05, 0.1) is 0 Å². The molecule has 152 valence electrons. The number of amides is 3. The number of piperazine rings is 1. The Bertz CT molecular complexity index is 863. The lowest BCUT2D eigenvalue weighted by molar-refractivity contribution is -0.133. The van der Waals surface area contributed by atoms with Crippen molar-refractivity contribution in [2.24, 2.45) is 0 Å². The highest BCUT2D eigenvalue weighted by atomic mass is 35.5. The zero-order valence-electron chi connectivity index (χ0n) is 16.3. The lowest BCUT2D eigenvalue weighted by atomic mass is 10.1. The molecule has 2 aromatic carbocycles. The van der Waals surface area contributed by atoms with E-state index in [9.17, 15) is 14.4 Å². The third kappa shape index (κ3) is 5.57. The number of carbonyl (C=O) groups excluding carboxylic acids is 3. The first-order valence-electron chi connectivity index (χ1n) is 9.62. The molecule has 1 saturated heterocycles. The molecule has 29 heavy (non-hydrogen) atoms. The van der Waals surface area contributed by atoms with E-state index in [1.165, 1.54) is 0 Å². The molecule has 1 N–H and O–H groups in total. The van der Waals surface area contributed by atoms with Crippen molar-refractivity contribution in [1.82, 2.24) is 15.1 Å². The molecule has 0 saturated carbocycles. The summed E-state index contributed by atoms with van der Waals surface area (Å²) in [5.74, 6) is -0.272. The molecule has 3 amide bonds. The van der Waals surface area contributed by atoms with Gasteiger partial charge in [0, 0.05) is 54.8 Å². The smallest absolute Gasteiger partial charge is 0.253 e. The number of hydrogen-bond donors (Lipinski definition) is 1. The molecule has 7 heteroatoms. The Kier molecular flexibility index (Phi) is 6.88. The Morgan fingerprint density at radius 3 is 2.10 bits per heavy atom. The summed E-state index contributed by atoms with van der Waals surface area (Å²) in [6, 6.07) is 15.5. The van der Waals surface area contributed by atoms with E-state index in [1.54, 1.807) is 58.3 Å². The summed E-state index contributed by atoms with van der Waals surface area (Å²) < 4.78 is 0. The first-order valence-corrected chi connectivity index (χ1v) is 10.0. The van der Waals surface area contributed by atoms with Crippen LogP contribution < -0.4 is 5.32 Å². The van der Waals surface area contributed by atoms with Gasteiger partial charge < -0.3 is 15.1 Å². The van der Waals surface area contributed by atoms with Crippen LogP contribution in [0.15, 0.2) is 54.6 Å². The van der Waals surface area contributed by atoms with Crippen LogP contribution in [-0.2, 0) is 4.79 Å². The lowest BCUT2D eigenvalue weighted by Crippen LogP contribution is -2.51. The van der Waals surface area contributed by atoms with Crippen molar-refractivity contribution >= 4 is 29.3 Å². The van der Waals surface area contributed by atoms with E-state index in [0.29, 0.717) is 42.3 Å². The molecule has 0 aromatic heterocycles. The average Bonchev–Trinajstić information content (AvgIpc) is 2.74. The molecular weight excluding hydrogens is 390 g/mol. The summed E-state index contributed by atoms with van der Waals surface area (Å²) in [6.07, 6.45) is 0.226. The van der Waals surface area contributed by atoms with E-state index in [-0.39, 0.29) is 30.2 Å². The van der Waals surface area contributed by atoms with Gasteiger partial charge in [0.1, 0.15) is 0 Å². The third-order valence-corrected chi connectivity index (χ3v) is 5.16. The highest BCUT2D eigenvalue weighted by Crippen LogP contribution is 2.14. The summed E-state index contributed by atoms with van der Waals surface area (Å²) >= 11 is 5.87. The fourth-order valence-corrected chi connectivity index (χ4v) is 3.40. The SMILES string of the molecule is CC(CC(=O)N1CCN(C(=O)c2ccc(Cl)cc2)CC1)NC(=O)c1ccccc1. The van der Waals surface area contributed by atoms with E-state index >= 15 is 0 Å². The fraction of sp³-hybridized carbons (Fsp3) is 0.318. The number of carbonyl (C=O) groups is 3. The summed E-state index contributed by atoms with van der Waals surface area (Å²) in [4.78, 5) is 40.8. The molecule has 1 heterocycles. The Labute approximate surface area is 175 Å². The van der Waals surface area contributed by atoms with Gasteiger partial charge >= 0.3 is 0 Å². The van der Waals surface area contributed by atoms with Gasteiger partial charge in [-0.25, -0.2) is 0 Å². The summed E-state index contributed by atoms with van der Waals surface area (Å²) in [5, 5.41) is 3.45. The average molecular weight is 414 g/mol. The molecule has 0 spiro atoms. The molecular formula is C22H24ClN3O3. The number of nitrogens with zero attached hydrogens (tertiary/aromatic N) is 2. The van der Waals surface area contributed by atoms with E-state index < -0.39 is 0 Å². The highest BCUT2D eigenvalue weighted by molar-refractivity contribution is 6.30. The van der Waals surface area contributed by atoms with Gasteiger partial charge in [0.2, 0.25) is 5.91 Å². The zero-order chi connectivity index (χ0) is 20.8. The Hall–Kier alpha value is -2.86. The largest absolute Gasteiger partial charge is 0.349 e. The molecule has 1 aliphatic heterocycles. The van der Waals surface area contributed by atoms with Gasteiger partial charge in [-0.1, -0.05) is 29.8 Å². The maximum absolute atomic E-state index is 12.6. The van der Waals surface area contributed by atoms with Crippen molar-refractivity contribution in [1.29, 1.82) is 0 Å². The topological polar surface area (TPSA) is 69.7 Å². The summed E-state index contributed by atoms with van der Waals surface area (Å²) in [7, 11) is 0. The molecule has 0 bridgehead atoms. The minimum Gasteiger partial charge on any atom is -0.349 e. The minimum absolute atomic E-state index is 0.0237. The fourth-order valence-electron chi connectivity index (χ4n) is 3.27. The van der Waals surface area contributed by atoms with E-state index in [1.807, 2.05) is 13.0 Å².